The first-order valence-electron chi connectivity index (χ1n) is 6.20. The van der Waals surface area contributed by atoms with E-state index in [-0.39, 0.29) is 0 Å². The average molecular weight is 274 g/mol. The van der Waals surface area contributed by atoms with Crippen LogP contribution in [0, 0.1) is 0 Å². The van der Waals surface area contributed by atoms with Gasteiger partial charge in [0.05, 0.1) is 5.69 Å². The lowest BCUT2D eigenvalue weighted by Crippen LogP contribution is -2.30. The molecule has 0 saturated heterocycles. The number of rotatable bonds is 3. The van der Waals surface area contributed by atoms with Crippen LogP contribution in [-0.4, -0.2) is 26.9 Å². The zero-order valence-corrected chi connectivity index (χ0v) is 11.2. The second-order valence-electron chi connectivity index (χ2n) is 4.72. The first kappa shape index (κ1) is 12.3. The highest BCUT2D eigenvalue weighted by Crippen LogP contribution is 2.20. The minimum atomic E-state index is -0.896. The van der Waals surface area contributed by atoms with Crippen molar-refractivity contribution < 1.29 is 9.90 Å². The van der Waals surface area contributed by atoms with Crippen molar-refractivity contribution in [1.29, 1.82) is 0 Å². The molecule has 0 atom stereocenters. The quantitative estimate of drug-likeness (QED) is 0.933. The Morgan fingerprint density at radius 1 is 1.37 bits per heavy atom. The van der Waals surface area contributed by atoms with Crippen LogP contribution in [0.25, 0.3) is 0 Å². The normalized spacial score (nSPS) is 15.2. The van der Waals surface area contributed by atoms with Gasteiger partial charge in [-0.2, -0.15) is 4.37 Å². The van der Waals surface area contributed by atoms with E-state index in [2.05, 4.69) is 33.5 Å². The number of nitrogens with zero attached hydrogens (tertiary/aromatic N) is 2. The molecule has 0 aliphatic carbocycles. The second kappa shape index (κ2) is 5.11. The van der Waals surface area contributed by atoms with Gasteiger partial charge < -0.3 is 5.11 Å². The lowest BCUT2D eigenvalue weighted by atomic mass is 10.00. The summed E-state index contributed by atoms with van der Waals surface area (Å²) >= 11 is 1.06. The van der Waals surface area contributed by atoms with Crippen molar-refractivity contribution in [3.05, 3.63) is 52.0 Å². The van der Waals surface area contributed by atoms with Crippen LogP contribution in [-0.2, 0) is 19.5 Å². The lowest BCUT2D eigenvalue weighted by Gasteiger charge is -2.27. The molecule has 5 heteroatoms. The van der Waals surface area contributed by atoms with Crippen molar-refractivity contribution >= 4 is 17.5 Å². The summed E-state index contributed by atoms with van der Waals surface area (Å²) in [5.74, 6) is -0.896. The Bertz CT molecular complexity index is 609. The summed E-state index contributed by atoms with van der Waals surface area (Å²) in [6, 6.07) is 10.2. The first-order chi connectivity index (χ1) is 9.22. The minimum absolute atomic E-state index is 0.312. The van der Waals surface area contributed by atoms with Gasteiger partial charge in [-0.15, -0.1) is 0 Å². The molecule has 0 bridgehead atoms. The minimum Gasteiger partial charge on any atom is -0.477 e. The number of hydrogen-bond acceptors (Lipinski definition) is 4. The lowest BCUT2D eigenvalue weighted by molar-refractivity contribution is 0.0702. The van der Waals surface area contributed by atoms with E-state index in [0.29, 0.717) is 4.88 Å². The van der Waals surface area contributed by atoms with Crippen molar-refractivity contribution in [1.82, 2.24) is 9.27 Å². The zero-order chi connectivity index (χ0) is 13.2. The number of aromatic nitrogens is 1. The van der Waals surface area contributed by atoms with Crippen LogP contribution in [0.3, 0.4) is 0 Å². The molecule has 0 saturated carbocycles. The van der Waals surface area contributed by atoms with Gasteiger partial charge in [0.25, 0.3) is 0 Å². The van der Waals surface area contributed by atoms with Crippen molar-refractivity contribution in [3.63, 3.8) is 0 Å². The Labute approximate surface area is 115 Å². The summed E-state index contributed by atoms with van der Waals surface area (Å²) in [6.45, 7) is 2.63. The average Bonchev–Trinajstić information content (AvgIpc) is 2.87. The van der Waals surface area contributed by atoms with Crippen molar-refractivity contribution in [2.24, 2.45) is 0 Å². The van der Waals surface area contributed by atoms with E-state index in [1.807, 2.05) is 0 Å². The number of carbonyl (C=O) groups is 1. The summed E-state index contributed by atoms with van der Waals surface area (Å²) in [5.41, 5.74) is 3.63. The first-order valence-corrected chi connectivity index (χ1v) is 6.98. The maximum absolute atomic E-state index is 10.8. The van der Waals surface area contributed by atoms with Crippen LogP contribution >= 0.6 is 11.5 Å². The summed E-state index contributed by atoms with van der Waals surface area (Å²) in [5, 5.41) is 8.89. The third-order valence-corrected chi connectivity index (χ3v) is 4.18. The highest BCUT2D eigenvalue weighted by atomic mass is 32.1. The molecule has 0 spiro atoms. The van der Waals surface area contributed by atoms with Crippen molar-refractivity contribution in [3.8, 4) is 0 Å². The fourth-order valence-corrected chi connectivity index (χ4v) is 3.00. The Morgan fingerprint density at radius 3 is 2.89 bits per heavy atom. The van der Waals surface area contributed by atoms with E-state index in [4.69, 9.17) is 5.11 Å². The number of hydrogen-bond donors (Lipinski definition) is 1. The van der Waals surface area contributed by atoms with Gasteiger partial charge in [0.15, 0.2) is 0 Å². The zero-order valence-electron chi connectivity index (χ0n) is 10.4. The van der Waals surface area contributed by atoms with Gasteiger partial charge >= 0.3 is 5.97 Å². The Balaban J connectivity index is 1.70. The Morgan fingerprint density at radius 2 is 2.16 bits per heavy atom. The Hall–Kier alpha value is -1.72. The van der Waals surface area contributed by atoms with Crippen LogP contribution in [0.4, 0.5) is 0 Å². The molecule has 1 aromatic heterocycles. The fourth-order valence-electron chi connectivity index (χ4n) is 2.41. The predicted octanol–water partition coefficient (Wildman–Crippen LogP) is 2.40. The fraction of sp³-hybridized carbons (Fsp3) is 0.286. The van der Waals surface area contributed by atoms with Gasteiger partial charge in [0.1, 0.15) is 4.88 Å². The Kier molecular flexibility index (Phi) is 3.31. The summed E-state index contributed by atoms with van der Waals surface area (Å²) in [7, 11) is 0. The monoisotopic (exact) mass is 274 g/mol. The third kappa shape index (κ3) is 2.67. The molecule has 2 aromatic rings. The summed E-state index contributed by atoms with van der Waals surface area (Å²) in [6.07, 6.45) is 1.05. The number of carboxylic acid groups (broad SMARTS) is 1. The molecule has 1 N–H and O–H groups in total. The molecule has 0 unspecified atom stereocenters. The van der Waals surface area contributed by atoms with E-state index in [9.17, 15) is 4.79 Å². The van der Waals surface area contributed by atoms with E-state index in [1.54, 1.807) is 6.07 Å². The highest BCUT2D eigenvalue weighted by Gasteiger charge is 2.17. The second-order valence-corrected chi connectivity index (χ2v) is 5.52. The van der Waals surface area contributed by atoms with Crippen LogP contribution in [0.2, 0.25) is 0 Å². The van der Waals surface area contributed by atoms with Crippen LogP contribution in [0.15, 0.2) is 30.3 Å². The molecule has 98 valence electrons. The molecule has 0 fully saturated rings. The highest BCUT2D eigenvalue weighted by molar-refractivity contribution is 7.08. The molecular weight excluding hydrogens is 260 g/mol. The smallest absolute Gasteiger partial charge is 0.347 e. The van der Waals surface area contributed by atoms with E-state index in [0.717, 1.165) is 43.3 Å². The molecule has 1 aromatic carbocycles. The maximum atomic E-state index is 10.8. The van der Waals surface area contributed by atoms with E-state index < -0.39 is 5.97 Å². The molecule has 1 aliphatic rings. The van der Waals surface area contributed by atoms with Gasteiger partial charge in [-0.25, -0.2) is 4.79 Å². The third-order valence-electron chi connectivity index (χ3n) is 3.37. The number of carboxylic acids is 1. The van der Waals surface area contributed by atoms with Gasteiger partial charge in [0, 0.05) is 19.6 Å². The summed E-state index contributed by atoms with van der Waals surface area (Å²) in [4.78, 5) is 13.4. The van der Waals surface area contributed by atoms with Gasteiger partial charge in [-0.1, -0.05) is 24.3 Å². The van der Waals surface area contributed by atoms with Crippen LogP contribution in [0.5, 0.6) is 0 Å². The molecule has 4 nitrogen and oxygen atoms in total. The molecule has 0 radical (unpaired) electrons. The van der Waals surface area contributed by atoms with Gasteiger partial charge in [0.2, 0.25) is 0 Å². The standard InChI is InChI=1S/C14H14N2O2S/c17-14(18)13-7-12(15-19-13)9-16-6-5-10-3-1-2-4-11(10)8-16/h1-4,7H,5-6,8-9H2,(H,17,18). The van der Waals surface area contributed by atoms with Crippen LogP contribution in [0.1, 0.15) is 26.5 Å². The topological polar surface area (TPSA) is 53.4 Å². The van der Waals surface area contributed by atoms with E-state index in [1.165, 1.54) is 11.1 Å². The predicted molar refractivity (Wildman–Crippen MR) is 73.3 cm³/mol. The SMILES string of the molecule is O=C(O)c1cc(CN2CCc3ccccc3C2)ns1. The number of aromatic carboxylic acids is 1. The van der Waals surface area contributed by atoms with Gasteiger partial charge in [-0.3, -0.25) is 4.90 Å². The molecule has 19 heavy (non-hydrogen) atoms. The molecule has 0 amide bonds. The summed E-state index contributed by atoms with van der Waals surface area (Å²) < 4.78 is 4.21. The van der Waals surface area contributed by atoms with Crippen molar-refractivity contribution in [2.45, 2.75) is 19.5 Å². The van der Waals surface area contributed by atoms with Gasteiger partial charge in [-0.05, 0) is 35.1 Å². The van der Waals surface area contributed by atoms with E-state index >= 15 is 0 Å². The van der Waals surface area contributed by atoms with Crippen LogP contribution < -0.4 is 0 Å². The number of benzene rings is 1. The largest absolute Gasteiger partial charge is 0.477 e. The van der Waals surface area contributed by atoms with Crippen molar-refractivity contribution in [2.75, 3.05) is 6.54 Å². The molecular formula is C14H14N2O2S. The number of fused-ring (bicyclic) bond motifs is 1. The molecule has 1 aliphatic heterocycles. The molecule has 2 heterocycles. The molecule has 3 rings (SSSR count). The maximum Gasteiger partial charge on any atom is 0.347 e.